The molecule has 0 aliphatic heterocycles. The number of benzene rings is 6. The Morgan fingerprint density at radius 3 is 1.45 bits per heavy atom. The van der Waals surface area contributed by atoms with Gasteiger partial charge in [-0.3, -0.25) is 4.99 Å². The van der Waals surface area contributed by atoms with E-state index in [0.29, 0.717) is 18.1 Å². The lowest BCUT2D eigenvalue weighted by Gasteiger charge is -2.15. The van der Waals surface area contributed by atoms with Crippen LogP contribution in [0.15, 0.2) is 125 Å². The first kappa shape index (κ1) is 24.2. The van der Waals surface area contributed by atoms with Gasteiger partial charge in [0.25, 0.3) is 0 Å². The topological polar surface area (TPSA) is 24.4 Å². The summed E-state index contributed by atoms with van der Waals surface area (Å²) >= 11 is 6.87. The number of hydrogen-bond acceptors (Lipinski definition) is 2. The van der Waals surface area contributed by atoms with E-state index in [4.69, 9.17) is 16.6 Å². The van der Waals surface area contributed by atoms with Crippen molar-refractivity contribution in [3.63, 3.8) is 0 Å². The number of allylic oxidation sites excluding steroid dienone is 2. The van der Waals surface area contributed by atoms with Crippen LogP contribution in [-0.2, 0) is 13.1 Å². The van der Waals surface area contributed by atoms with Crippen LogP contribution >= 0.6 is 11.6 Å². The van der Waals surface area contributed by atoms with Gasteiger partial charge in [-0.25, -0.2) is 0 Å². The first-order chi connectivity index (χ1) is 18.6. The van der Waals surface area contributed by atoms with Gasteiger partial charge in [0.05, 0.1) is 17.3 Å². The number of nitrogens with zero attached hydrogens (tertiary/aromatic N) is 1. The molecule has 0 aliphatic rings. The van der Waals surface area contributed by atoms with Crippen LogP contribution in [0.25, 0.3) is 43.1 Å². The fraction of sp³-hybridized carbons (Fsp3) is 0.114. The molecule has 2 nitrogen and oxygen atoms in total. The smallest absolute Gasteiger partial charge is 0.0799 e. The molecule has 38 heavy (non-hydrogen) atoms. The van der Waals surface area contributed by atoms with E-state index in [0.717, 1.165) is 11.4 Å². The van der Waals surface area contributed by atoms with E-state index in [9.17, 15) is 0 Å². The van der Waals surface area contributed by atoms with Crippen molar-refractivity contribution in [2.45, 2.75) is 26.9 Å². The molecule has 6 aromatic carbocycles. The van der Waals surface area contributed by atoms with Gasteiger partial charge in [-0.15, -0.1) is 0 Å². The summed E-state index contributed by atoms with van der Waals surface area (Å²) in [6.07, 6.45) is 0. The Balaban J connectivity index is 1.31. The Kier molecular flexibility index (Phi) is 6.57. The van der Waals surface area contributed by atoms with E-state index < -0.39 is 0 Å². The second-order valence-electron chi connectivity index (χ2n) is 9.79. The van der Waals surface area contributed by atoms with Gasteiger partial charge in [0, 0.05) is 12.2 Å². The van der Waals surface area contributed by atoms with Crippen LogP contribution in [0.1, 0.15) is 25.0 Å². The lowest BCUT2D eigenvalue weighted by atomic mass is 9.96. The van der Waals surface area contributed by atoms with Crippen molar-refractivity contribution in [1.29, 1.82) is 0 Å². The SMILES string of the molecule is CC(=NCc1c2ccccc2cc2ccccc12)/C(Cl)=C(\C)NCc1c2ccccc2cc2ccccc12. The molecule has 0 unspecified atom stereocenters. The minimum atomic E-state index is 0.575. The van der Waals surface area contributed by atoms with Gasteiger partial charge < -0.3 is 5.32 Å². The third kappa shape index (κ3) is 4.53. The molecule has 1 N–H and O–H groups in total. The van der Waals surface area contributed by atoms with Crippen molar-refractivity contribution in [3.8, 4) is 0 Å². The predicted octanol–water partition coefficient (Wildman–Crippen LogP) is 9.52. The Morgan fingerprint density at radius 1 is 0.605 bits per heavy atom. The van der Waals surface area contributed by atoms with E-state index in [2.05, 4.69) is 115 Å². The average molecular weight is 513 g/mol. The fourth-order valence-electron chi connectivity index (χ4n) is 5.41. The Morgan fingerprint density at radius 2 is 1.00 bits per heavy atom. The second-order valence-corrected chi connectivity index (χ2v) is 10.2. The highest BCUT2D eigenvalue weighted by Crippen LogP contribution is 2.30. The van der Waals surface area contributed by atoms with Crippen molar-refractivity contribution in [2.24, 2.45) is 4.99 Å². The highest BCUT2D eigenvalue weighted by Gasteiger charge is 2.11. The molecule has 186 valence electrons. The van der Waals surface area contributed by atoms with Crippen LogP contribution in [0, 0.1) is 0 Å². The van der Waals surface area contributed by atoms with Crippen LogP contribution in [0.3, 0.4) is 0 Å². The molecule has 0 aliphatic carbocycles. The first-order valence-corrected chi connectivity index (χ1v) is 13.4. The lowest BCUT2D eigenvalue weighted by Crippen LogP contribution is -2.14. The van der Waals surface area contributed by atoms with Crippen molar-refractivity contribution in [1.82, 2.24) is 5.32 Å². The maximum Gasteiger partial charge on any atom is 0.0799 e. The van der Waals surface area contributed by atoms with Gasteiger partial charge >= 0.3 is 0 Å². The van der Waals surface area contributed by atoms with Crippen LogP contribution in [0.4, 0.5) is 0 Å². The van der Waals surface area contributed by atoms with Crippen LogP contribution < -0.4 is 5.32 Å². The van der Waals surface area contributed by atoms with Crippen molar-refractivity contribution in [3.05, 3.63) is 131 Å². The molecule has 0 bridgehead atoms. The number of hydrogen-bond donors (Lipinski definition) is 1. The van der Waals surface area contributed by atoms with E-state index in [1.807, 2.05) is 13.8 Å². The fourth-order valence-corrected chi connectivity index (χ4v) is 5.54. The number of fused-ring (bicyclic) bond motifs is 4. The summed E-state index contributed by atoms with van der Waals surface area (Å²) in [7, 11) is 0. The average Bonchev–Trinajstić information content (AvgIpc) is 2.96. The van der Waals surface area contributed by atoms with Crippen LogP contribution in [0.2, 0.25) is 0 Å². The first-order valence-electron chi connectivity index (χ1n) is 13.0. The Bertz CT molecular complexity index is 1770. The third-order valence-electron chi connectivity index (χ3n) is 7.42. The minimum Gasteiger partial charge on any atom is -0.383 e. The van der Waals surface area contributed by atoms with E-state index in [-0.39, 0.29) is 0 Å². The molecule has 0 atom stereocenters. The van der Waals surface area contributed by atoms with E-state index in [1.54, 1.807) is 0 Å². The van der Waals surface area contributed by atoms with Gasteiger partial charge in [0.1, 0.15) is 0 Å². The van der Waals surface area contributed by atoms with Crippen molar-refractivity contribution >= 4 is 60.4 Å². The summed E-state index contributed by atoms with van der Waals surface area (Å²) in [5.41, 5.74) is 4.26. The monoisotopic (exact) mass is 512 g/mol. The van der Waals surface area contributed by atoms with Crippen molar-refractivity contribution < 1.29 is 0 Å². The molecular formula is C35H29ClN2. The minimum absolute atomic E-state index is 0.575. The number of rotatable bonds is 6. The van der Waals surface area contributed by atoms with Crippen molar-refractivity contribution in [2.75, 3.05) is 0 Å². The van der Waals surface area contributed by atoms with Gasteiger partial charge in [-0.2, -0.15) is 0 Å². The number of nitrogens with one attached hydrogen (secondary N) is 1. The molecule has 0 aromatic heterocycles. The summed E-state index contributed by atoms with van der Waals surface area (Å²) in [6.45, 7) is 5.28. The number of halogens is 1. The van der Waals surface area contributed by atoms with E-state index in [1.165, 1.54) is 54.2 Å². The molecule has 0 fully saturated rings. The highest BCUT2D eigenvalue weighted by molar-refractivity contribution is 6.43. The summed E-state index contributed by atoms with van der Waals surface area (Å²) in [5.74, 6) is 0. The van der Waals surface area contributed by atoms with Crippen LogP contribution in [0.5, 0.6) is 0 Å². The molecule has 0 heterocycles. The summed E-state index contributed by atoms with van der Waals surface area (Å²) in [5, 5.41) is 14.2. The zero-order valence-electron chi connectivity index (χ0n) is 21.6. The second kappa shape index (κ2) is 10.3. The molecule has 3 heteroatoms. The molecule has 0 spiro atoms. The molecule has 0 saturated heterocycles. The van der Waals surface area contributed by atoms with Gasteiger partial charge in [-0.1, -0.05) is 109 Å². The maximum atomic E-state index is 6.87. The predicted molar refractivity (Wildman–Crippen MR) is 165 cm³/mol. The molecule has 0 radical (unpaired) electrons. The zero-order chi connectivity index (χ0) is 26.1. The standard InChI is InChI=1S/C35H29ClN2/c1-23(37-21-33-29-15-7-3-11-25(29)19-26-12-4-8-16-30(26)33)35(36)24(2)38-22-34-31-17-9-5-13-27(31)20-28-14-6-10-18-32(28)34/h3-20,37H,21-22H2,1-2H3/b35-23-,38-24?. The molecule has 6 rings (SSSR count). The molecule has 0 saturated carbocycles. The van der Waals surface area contributed by atoms with Crippen LogP contribution in [-0.4, -0.2) is 5.71 Å². The third-order valence-corrected chi connectivity index (χ3v) is 7.97. The Labute approximate surface area is 228 Å². The molecular weight excluding hydrogens is 484 g/mol. The summed E-state index contributed by atoms with van der Waals surface area (Å²) in [4.78, 5) is 4.96. The summed E-state index contributed by atoms with van der Waals surface area (Å²) in [6, 6.07) is 38.7. The number of aliphatic imine (C=N–C) groups is 1. The molecule has 6 aromatic rings. The quantitative estimate of drug-likeness (QED) is 0.174. The van der Waals surface area contributed by atoms with Gasteiger partial charge in [0.2, 0.25) is 0 Å². The largest absolute Gasteiger partial charge is 0.383 e. The zero-order valence-corrected chi connectivity index (χ0v) is 22.4. The van der Waals surface area contributed by atoms with Gasteiger partial charge in [-0.05, 0) is 80.2 Å². The van der Waals surface area contributed by atoms with E-state index >= 15 is 0 Å². The summed E-state index contributed by atoms with van der Waals surface area (Å²) < 4.78 is 0. The maximum absolute atomic E-state index is 6.87. The van der Waals surface area contributed by atoms with Gasteiger partial charge in [0.15, 0.2) is 0 Å². The molecule has 0 amide bonds. The normalized spacial score (nSPS) is 12.9. The Hall–Kier alpha value is -4.14. The highest BCUT2D eigenvalue weighted by atomic mass is 35.5. The lowest BCUT2D eigenvalue weighted by molar-refractivity contribution is 0.820.